The van der Waals surface area contributed by atoms with E-state index in [0.29, 0.717) is 24.3 Å². The summed E-state index contributed by atoms with van der Waals surface area (Å²) < 4.78 is 1.63. The summed E-state index contributed by atoms with van der Waals surface area (Å²) in [4.78, 5) is 25.9. The molecule has 2 heterocycles. The molecule has 1 saturated heterocycles. The first-order chi connectivity index (χ1) is 12.3. The van der Waals surface area contributed by atoms with E-state index in [1.807, 2.05) is 18.7 Å². The Hall–Kier alpha value is -2.25. The molecule has 2 atom stereocenters. The highest BCUT2D eigenvalue weighted by atomic mass is 35.5. The summed E-state index contributed by atoms with van der Waals surface area (Å²) in [6.45, 7) is 4.88. The van der Waals surface area contributed by atoms with Crippen molar-refractivity contribution in [1.29, 1.82) is 0 Å². The standard InChI is InChI=1S/C18H22ClN3O4/c1-3-21-8-11(18(25)26)17(24)10-7-13(23)16(14(19)15(10)21)22-6-4-5-12(22)9(2)20/h7-9,12,23H,3-6,20H2,1-2H3,(H,25,26). The third-order valence-electron chi connectivity index (χ3n) is 5.02. The lowest BCUT2D eigenvalue weighted by Crippen LogP contribution is -2.42. The van der Waals surface area contributed by atoms with Crippen LogP contribution in [0.15, 0.2) is 17.1 Å². The van der Waals surface area contributed by atoms with E-state index in [4.69, 9.17) is 17.3 Å². The molecule has 1 aliphatic rings. The number of pyridine rings is 1. The van der Waals surface area contributed by atoms with E-state index >= 15 is 0 Å². The van der Waals surface area contributed by atoms with Crippen molar-refractivity contribution in [3.8, 4) is 5.75 Å². The largest absolute Gasteiger partial charge is 0.506 e. The summed E-state index contributed by atoms with van der Waals surface area (Å²) in [5.74, 6) is -1.45. The second kappa shape index (κ2) is 6.81. The number of benzene rings is 1. The molecule has 7 nitrogen and oxygen atoms in total. The first kappa shape index (κ1) is 18.5. The van der Waals surface area contributed by atoms with Gasteiger partial charge in [0.2, 0.25) is 5.43 Å². The summed E-state index contributed by atoms with van der Waals surface area (Å²) in [6, 6.07) is 1.25. The van der Waals surface area contributed by atoms with Crippen molar-refractivity contribution in [1.82, 2.24) is 4.57 Å². The molecule has 1 aromatic heterocycles. The SMILES string of the molecule is CCn1cc(C(=O)O)c(=O)c2cc(O)c(N3CCCC3C(C)N)c(Cl)c21. The van der Waals surface area contributed by atoms with Crippen LogP contribution in [-0.2, 0) is 6.54 Å². The molecule has 2 aromatic rings. The Bertz CT molecular complexity index is 938. The third kappa shape index (κ3) is 2.81. The highest BCUT2D eigenvalue weighted by Gasteiger charge is 2.32. The van der Waals surface area contributed by atoms with E-state index in [1.165, 1.54) is 12.3 Å². The molecule has 1 aromatic carbocycles. The number of aromatic carboxylic acids is 1. The molecule has 140 valence electrons. The first-order valence-corrected chi connectivity index (χ1v) is 8.99. The van der Waals surface area contributed by atoms with Crippen LogP contribution in [0.1, 0.15) is 37.0 Å². The second-order valence-electron chi connectivity index (χ2n) is 6.68. The number of aromatic hydroxyl groups is 1. The van der Waals surface area contributed by atoms with Gasteiger partial charge in [-0.3, -0.25) is 4.79 Å². The van der Waals surface area contributed by atoms with Gasteiger partial charge in [0.25, 0.3) is 0 Å². The van der Waals surface area contributed by atoms with E-state index in [9.17, 15) is 19.8 Å². The van der Waals surface area contributed by atoms with Crippen LogP contribution in [0.4, 0.5) is 5.69 Å². The van der Waals surface area contributed by atoms with Crippen molar-refractivity contribution in [2.45, 2.75) is 45.3 Å². The molecule has 0 bridgehead atoms. The summed E-state index contributed by atoms with van der Waals surface area (Å²) in [6.07, 6.45) is 3.12. The number of hydrogen-bond donors (Lipinski definition) is 3. The number of nitrogens with zero attached hydrogens (tertiary/aromatic N) is 2. The number of halogens is 1. The maximum atomic E-state index is 12.6. The van der Waals surface area contributed by atoms with E-state index < -0.39 is 11.4 Å². The zero-order chi connectivity index (χ0) is 19.2. The van der Waals surface area contributed by atoms with Crippen LogP contribution in [0.25, 0.3) is 10.9 Å². The van der Waals surface area contributed by atoms with Gasteiger partial charge in [0.1, 0.15) is 17.0 Å². The number of anilines is 1. The van der Waals surface area contributed by atoms with Gasteiger partial charge in [-0.1, -0.05) is 11.6 Å². The fourth-order valence-corrected chi connectivity index (χ4v) is 4.20. The third-order valence-corrected chi connectivity index (χ3v) is 5.38. The van der Waals surface area contributed by atoms with Crippen LogP contribution in [0.2, 0.25) is 5.02 Å². The Kier molecular flexibility index (Phi) is 4.86. The quantitative estimate of drug-likeness (QED) is 0.752. The summed E-state index contributed by atoms with van der Waals surface area (Å²) >= 11 is 6.64. The van der Waals surface area contributed by atoms with Gasteiger partial charge in [-0.25, -0.2) is 4.79 Å². The molecule has 26 heavy (non-hydrogen) atoms. The van der Waals surface area contributed by atoms with Crippen molar-refractivity contribution in [3.63, 3.8) is 0 Å². The Labute approximate surface area is 155 Å². The molecule has 1 aliphatic heterocycles. The monoisotopic (exact) mass is 379 g/mol. The molecule has 8 heteroatoms. The summed E-state index contributed by atoms with van der Waals surface area (Å²) in [5.41, 5.74) is 5.95. The van der Waals surface area contributed by atoms with Crippen molar-refractivity contribution in [2.24, 2.45) is 5.73 Å². The number of aromatic nitrogens is 1. The van der Waals surface area contributed by atoms with Crippen molar-refractivity contribution < 1.29 is 15.0 Å². The number of rotatable bonds is 4. The Morgan fingerprint density at radius 3 is 2.77 bits per heavy atom. The smallest absolute Gasteiger partial charge is 0.341 e. The molecule has 3 rings (SSSR count). The molecule has 2 unspecified atom stereocenters. The molecule has 0 radical (unpaired) electrons. The van der Waals surface area contributed by atoms with Crippen LogP contribution in [0, 0.1) is 0 Å². The summed E-state index contributed by atoms with van der Waals surface area (Å²) in [7, 11) is 0. The number of fused-ring (bicyclic) bond motifs is 1. The fraction of sp³-hybridized carbons (Fsp3) is 0.444. The van der Waals surface area contributed by atoms with E-state index in [1.54, 1.807) is 4.57 Å². The highest BCUT2D eigenvalue weighted by molar-refractivity contribution is 6.38. The molecule has 1 fully saturated rings. The molecular weight excluding hydrogens is 358 g/mol. The molecular formula is C18H22ClN3O4. The van der Waals surface area contributed by atoms with E-state index in [2.05, 4.69) is 0 Å². The number of carbonyl (C=O) groups is 1. The van der Waals surface area contributed by atoms with Gasteiger partial charge in [0, 0.05) is 31.4 Å². The van der Waals surface area contributed by atoms with E-state index in [0.717, 1.165) is 12.8 Å². The van der Waals surface area contributed by atoms with Gasteiger partial charge in [-0.15, -0.1) is 0 Å². The van der Waals surface area contributed by atoms with Crippen LogP contribution in [0.5, 0.6) is 5.75 Å². The first-order valence-electron chi connectivity index (χ1n) is 8.62. The van der Waals surface area contributed by atoms with Gasteiger partial charge in [0.05, 0.1) is 15.9 Å². The number of nitrogens with two attached hydrogens (primary N) is 1. The van der Waals surface area contributed by atoms with Gasteiger partial charge in [-0.2, -0.15) is 0 Å². The minimum atomic E-state index is -1.31. The number of hydrogen-bond acceptors (Lipinski definition) is 5. The zero-order valence-corrected chi connectivity index (χ0v) is 15.5. The number of phenols is 1. The molecule has 0 amide bonds. The Morgan fingerprint density at radius 2 is 2.19 bits per heavy atom. The number of carboxylic acids is 1. The minimum Gasteiger partial charge on any atom is -0.506 e. The molecule has 0 saturated carbocycles. The molecule has 0 spiro atoms. The van der Waals surface area contributed by atoms with Crippen molar-refractivity contribution in [2.75, 3.05) is 11.4 Å². The predicted octanol–water partition coefficient (Wildman–Crippen LogP) is 2.39. The van der Waals surface area contributed by atoms with Crippen molar-refractivity contribution >= 4 is 34.2 Å². The Balaban J connectivity index is 2.33. The average Bonchev–Trinajstić information content (AvgIpc) is 3.05. The van der Waals surface area contributed by atoms with Gasteiger partial charge >= 0.3 is 5.97 Å². The van der Waals surface area contributed by atoms with Gasteiger partial charge in [-0.05, 0) is 32.8 Å². The lowest BCUT2D eigenvalue weighted by atomic mass is 10.1. The maximum Gasteiger partial charge on any atom is 0.341 e. The second-order valence-corrected chi connectivity index (χ2v) is 7.06. The van der Waals surface area contributed by atoms with Crippen LogP contribution in [0.3, 0.4) is 0 Å². The van der Waals surface area contributed by atoms with Crippen LogP contribution < -0.4 is 16.1 Å². The fourth-order valence-electron chi connectivity index (χ4n) is 3.79. The topological polar surface area (TPSA) is 109 Å². The lowest BCUT2D eigenvalue weighted by Gasteiger charge is -2.31. The summed E-state index contributed by atoms with van der Waals surface area (Å²) in [5, 5.41) is 20.2. The van der Waals surface area contributed by atoms with Crippen LogP contribution in [-0.4, -0.2) is 39.4 Å². The number of carboxylic acid groups (broad SMARTS) is 1. The number of aryl methyl sites for hydroxylation is 1. The predicted molar refractivity (Wildman–Crippen MR) is 102 cm³/mol. The average molecular weight is 380 g/mol. The van der Waals surface area contributed by atoms with Gasteiger partial charge < -0.3 is 25.4 Å². The number of phenolic OH excluding ortho intramolecular Hbond substituents is 1. The van der Waals surface area contributed by atoms with Crippen molar-refractivity contribution in [3.05, 3.63) is 33.1 Å². The molecule has 4 N–H and O–H groups in total. The lowest BCUT2D eigenvalue weighted by molar-refractivity contribution is 0.0695. The van der Waals surface area contributed by atoms with Crippen LogP contribution >= 0.6 is 11.6 Å². The van der Waals surface area contributed by atoms with Gasteiger partial charge in [0.15, 0.2) is 0 Å². The van der Waals surface area contributed by atoms with E-state index in [-0.39, 0.29) is 33.8 Å². The normalized spacial score (nSPS) is 18.5. The minimum absolute atomic E-state index is 0.0379. The Morgan fingerprint density at radius 1 is 1.50 bits per heavy atom. The maximum absolute atomic E-state index is 12.6. The highest BCUT2D eigenvalue weighted by Crippen LogP contribution is 2.43. The molecule has 0 aliphatic carbocycles. The zero-order valence-electron chi connectivity index (χ0n) is 14.7.